The minimum absolute atomic E-state index is 0.768. The fourth-order valence-corrected chi connectivity index (χ4v) is 3.35. The molecule has 1 fully saturated rings. The molecular formula is C15H22N2. The van der Waals surface area contributed by atoms with E-state index in [1.54, 1.807) is 0 Å². The molecule has 2 nitrogen and oxygen atoms in total. The van der Waals surface area contributed by atoms with Gasteiger partial charge in [0.05, 0.1) is 0 Å². The number of nitrogens with two attached hydrogens (primary N) is 1. The molecule has 1 aliphatic carbocycles. The molecule has 0 amide bonds. The van der Waals surface area contributed by atoms with E-state index in [9.17, 15) is 0 Å². The van der Waals surface area contributed by atoms with E-state index in [0.29, 0.717) is 0 Å². The van der Waals surface area contributed by atoms with Gasteiger partial charge in [-0.2, -0.15) is 0 Å². The summed E-state index contributed by atoms with van der Waals surface area (Å²) in [5, 5.41) is 0. The maximum atomic E-state index is 5.89. The van der Waals surface area contributed by atoms with Crippen LogP contribution in [0.15, 0.2) is 18.2 Å². The van der Waals surface area contributed by atoms with Gasteiger partial charge in [-0.3, -0.25) is 0 Å². The first kappa shape index (κ1) is 11.1. The number of rotatable bonds is 1. The lowest BCUT2D eigenvalue weighted by atomic mass is 9.86. The molecule has 0 spiro atoms. The van der Waals surface area contributed by atoms with Gasteiger partial charge in [-0.15, -0.1) is 0 Å². The third-order valence-electron chi connectivity index (χ3n) is 4.34. The first-order chi connectivity index (χ1) is 8.33. The summed E-state index contributed by atoms with van der Waals surface area (Å²) in [7, 11) is 0. The highest BCUT2D eigenvalue weighted by Gasteiger charge is 2.25. The summed E-state index contributed by atoms with van der Waals surface area (Å²) in [4.78, 5) is 2.70. The van der Waals surface area contributed by atoms with Crippen LogP contribution < -0.4 is 5.73 Å². The van der Waals surface area contributed by atoms with E-state index in [1.165, 1.54) is 62.7 Å². The van der Waals surface area contributed by atoms with Gasteiger partial charge in [0.15, 0.2) is 0 Å². The minimum atomic E-state index is 0.768. The second kappa shape index (κ2) is 4.69. The highest BCUT2D eigenvalue weighted by atomic mass is 15.2. The number of anilines is 1. The zero-order chi connectivity index (χ0) is 11.7. The lowest BCUT2D eigenvalue weighted by molar-refractivity contribution is 0.150. The van der Waals surface area contributed by atoms with Crippen molar-refractivity contribution < 1.29 is 0 Å². The third kappa shape index (κ3) is 2.32. The Labute approximate surface area is 104 Å². The van der Waals surface area contributed by atoms with Gasteiger partial charge in [-0.25, -0.2) is 0 Å². The summed E-state index contributed by atoms with van der Waals surface area (Å²) in [6.07, 6.45) is 7.97. The Bertz CT molecular complexity index is 394. The smallest absolute Gasteiger partial charge is 0.0316 e. The second-order valence-corrected chi connectivity index (χ2v) is 5.52. The Balaban J connectivity index is 1.75. The second-order valence-electron chi connectivity index (χ2n) is 5.52. The minimum Gasteiger partial charge on any atom is -0.399 e. The summed E-state index contributed by atoms with van der Waals surface area (Å²) < 4.78 is 0. The van der Waals surface area contributed by atoms with E-state index >= 15 is 0 Å². The third-order valence-corrected chi connectivity index (χ3v) is 4.34. The summed E-state index contributed by atoms with van der Waals surface area (Å²) in [5.41, 5.74) is 9.82. The number of nitrogen functional groups attached to an aromatic ring is 1. The quantitative estimate of drug-likeness (QED) is 0.751. The van der Waals surface area contributed by atoms with Crippen LogP contribution in [-0.4, -0.2) is 24.0 Å². The summed E-state index contributed by atoms with van der Waals surface area (Å²) in [6.45, 7) is 2.62. The van der Waals surface area contributed by atoms with Crippen LogP contribution in [0.25, 0.3) is 0 Å². The molecule has 1 aliphatic heterocycles. The largest absolute Gasteiger partial charge is 0.399 e. The molecule has 1 saturated heterocycles. The van der Waals surface area contributed by atoms with Crippen molar-refractivity contribution in [3.8, 4) is 0 Å². The molecule has 1 atom stereocenters. The van der Waals surface area contributed by atoms with Crippen molar-refractivity contribution in [2.24, 2.45) is 0 Å². The number of benzene rings is 1. The molecule has 1 heterocycles. The summed E-state index contributed by atoms with van der Waals surface area (Å²) in [6, 6.07) is 7.22. The molecule has 1 unspecified atom stereocenters. The Kier molecular flexibility index (Phi) is 3.06. The van der Waals surface area contributed by atoms with Crippen molar-refractivity contribution >= 4 is 5.69 Å². The zero-order valence-electron chi connectivity index (χ0n) is 10.5. The van der Waals surface area contributed by atoms with E-state index in [0.717, 1.165) is 11.7 Å². The van der Waals surface area contributed by atoms with Gasteiger partial charge in [0.2, 0.25) is 0 Å². The molecule has 0 saturated carbocycles. The molecule has 3 rings (SSSR count). The fraction of sp³-hybridized carbons (Fsp3) is 0.600. The molecule has 0 aromatic heterocycles. The standard InChI is InChI=1S/C15H22N2/c16-14-6-4-12-5-7-15(11-13(12)10-14)17-8-2-1-3-9-17/h4,6,10,15H,1-3,5,7-9,11,16H2. The first-order valence-corrected chi connectivity index (χ1v) is 6.94. The summed E-state index contributed by atoms with van der Waals surface area (Å²) >= 11 is 0. The molecule has 92 valence electrons. The number of likely N-dealkylation sites (tertiary alicyclic amines) is 1. The molecular weight excluding hydrogens is 208 g/mol. The molecule has 2 aliphatic rings. The molecule has 0 bridgehead atoms. The van der Waals surface area contributed by atoms with Gasteiger partial charge in [-0.05, 0) is 68.5 Å². The lowest BCUT2D eigenvalue weighted by Crippen LogP contribution is -2.42. The van der Waals surface area contributed by atoms with Gasteiger partial charge >= 0.3 is 0 Å². The van der Waals surface area contributed by atoms with Crippen LogP contribution >= 0.6 is 0 Å². The van der Waals surface area contributed by atoms with E-state index < -0.39 is 0 Å². The fourth-order valence-electron chi connectivity index (χ4n) is 3.35. The van der Waals surface area contributed by atoms with Crippen molar-refractivity contribution in [1.82, 2.24) is 4.90 Å². The summed E-state index contributed by atoms with van der Waals surface area (Å²) in [5.74, 6) is 0. The zero-order valence-corrected chi connectivity index (χ0v) is 10.5. The van der Waals surface area contributed by atoms with Gasteiger partial charge in [0.25, 0.3) is 0 Å². The monoisotopic (exact) mass is 230 g/mol. The normalized spacial score (nSPS) is 25.5. The number of aryl methyl sites for hydroxylation is 1. The Morgan fingerprint density at radius 3 is 2.71 bits per heavy atom. The molecule has 1 aromatic rings. The van der Waals surface area contributed by atoms with Crippen LogP contribution in [0, 0.1) is 0 Å². The van der Waals surface area contributed by atoms with Gasteiger partial charge < -0.3 is 10.6 Å². The van der Waals surface area contributed by atoms with Crippen molar-refractivity contribution in [3.05, 3.63) is 29.3 Å². The van der Waals surface area contributed by atoms with Crippen LogP contribution in [0.4, 0.5) is 5.69 Å². The van der Waals surface area contributed by atoms with E-state index in [4.69, 9.17) is 5.73 Å². The molecule has 2 N–H and O–H groups in total. The SMILES string of the molecule is Nc1ccc2c(c1)CC(N1CCCCC1)CC2. The van der Waals surface area contributed by atoms with Gasteiger partial charge in [-0.1, -0.05) is 12.5 Å². The van der Waals surface area contributed by atoms with Crippen LogP contribution in [0.2, 0.25) is 0 Å². The molecule has 1 aromatic carbocycles. The van der Waals surface area contributed by atoms with Crippen molar-refractivity contribution in [3.63, 3.8) is 0 Å². The lowest BCUT2D eigenvalue weighted by Gasteiger charge is -2.37. The van der Waals surface area contributed by atoms with E-state index in [2.05, 4.69) is 17.0 Å². The van der Waals surface area contributed by atoms with Crippen LogP contribution in [0.1, 0.15) is 36.8 Å². The Morgan fingerprint density at radius 1 is 1.06 bits per heavy atom. The molecule has 17 heavy (non-hydrogen) atoms. The van der Waals surface area contributed by atoms with Crippen LogP contribution in [0.5, 0.6) is 0 Å². The molecule has 2 heteroatoms. The van der Waals surface area contributed by atoms with E-state index in [-0.39, 0.29) is 0 Å². The average molecular weight is 230 g/mol. The highest BCUT2D eigenvalue weighted by molar-refractivity contribution is 5.46. The van der Waals surface area contributed by atoms with Crippen molar-refractivity contribution in [1.29, 1.82) is 0 Å². The predicted octanol–water partition coefficient (Wildman–Crippen LogP) is 2.61. The van der Waals surface area contributed by atoms with E-state index in [1.807, 2.05) is 6.07 Å². The van der Waals surface area contributed by atoms with Crippen LogP contribution in [-0.2, 0) is 12.8 Å². The topological polar surface area (TPSA) is 29.3 Å². The van der Waals surface area contributed by atoms with Crippen molar-refractivity contribution in [2.75, 3.05) is 18.8 Å². The molecule has 0 radical (unpaired) electrons. The number of piperidine rings is 1. The number of nitrogens with zero attached hydrogens (tertiary/aromatic N) is 1. The maximum absolute atomic E-state index is 5.89. The average Bonchev–Trinajstić information content (AvgIpc) is 2.39. The Morgan fingerprint density at radius 2 is 1.88 bits per heavy atom. The predicted molar refractivity (Wildman–Crippen MR) is 72.1 cm³/mol. The number of hydrogen-bond donors (Lipinski definition) is 1. The van der Waals surface area contributed by atoms with Gasteiger partial charge in [0.1, 0.15) is 0 Å². The first-order valence-electron chi connectivity index (χ1n) is 6.94. The number of hydrogen-bond acceptors (Lipinski definition) is 2. The number of fused-ring (bicyclic) bond motifs is 1. The van der Waals surface area contributed by atoms with Crippen molar-refractivity contribution in [2.45, 2.75) is 44.6 Å². The van der Waals surface area contributed by atoms with Crippen LogP contribution in [0.3, 0.4) is 0 Å². The Hall–Kier alpha value is -1.02. The maximum Gasteiger partial charge on any atom is 0.0316 e. The highest BCUT2D eigenvalue weighted by Crippen LogP contribution is 2.27. The van der Waals surface area contributed by atoms with Gasteiger partial charge in [0, 0.05) is 11.7 Å².